The molecule has 0 atom stereocenters. The highest BCUT2D eigenvalue weighted by atomic mass is 16.3. The zero-order chi connectivity index (χ0) is 24.8. The second-order valence-electron chi connectivity index (χ2n) is 9.07. The van der Waals surface area contributed by atoms with E-state index < -0.39 is 17.6 Å². The number of phenols is 1. The molecule has 4 rings (SSSR count). The molecule has 0 bridgehead atoms. The first kappa shape index (κ1) is 24.3. The van der Waals surface area contributed by atoms with E-state index in [1.165, 1.54) is 32.1 Å². The number of fused-ring (bicyclic) bond motifs is 2. The van der Waals surface area contributed by atoms with Crippen molar-refractivity contribution in [1.29, 1.82) is 0 Å². The van der Waals surface area contributed by atoms with Gasteiger partial charge in [-0.1, -0.05) is 93.6 Å². The molecule has 4 aromatic rings. The lowest BCUT2D eigenvalue weighted by atomic mass is 9.95. The smallest absolute Gasteiger partial charge is 0.259 e. The molecule has 5 nitrogen and oxygen atoms in total. The molecule has 0 aliphatic rings. The largest absolute Gasteiger partial charge is 0.506 e. The second kappa shape index (κ2) is 11.0. The minimum atomic E-state index is -0.768. The summed E-state index contributed by atoms with van der Waals surface area (Å²) in [6.45, 7) is 2.21. The number of aryl methyl sites for hydroxylation is 1. The van der Waals surface area contributed by atoms with Gasteiger partial charge in [-0.15, -0.1) is 0 Å². The molecule has 2 amide bonds. The summed E-state index contributed by atoms with van der Waals surface area (Å²) in [5, 5.41) is 16.9. The lowest BCUT2D eigenvalue weighted by molar-refractivity contribution is 0.0999. The van der Waals surface area contributed by atoms with Crippen LogP contribution in [-0.2, 0) is 6.42 Å². The van der Waals surface area contributed by atoms with Crippen molar-refractivity contribution in [3.05, 3.63) is 83.4 Å². The van der Waals surface area contributed by atoms with E-state index in [1.807, 2.05) is 60.7 Å². The van der Waals surface area contributed by atoms with Crippen LogP contribution in [0.4, 0.5) is 5.69 Å². The number of nitrogens with one attached hydrogen (secondary N) is 1. The van der Waals surface area contributed by atoms with E-state index in [9.17, 15) is 14.7 Å². The van der Waals surface area contributed by atoms with E-state index in [0.29, 0.717) is 16.5 Å². The summed E-state index contributed by atoms with van der Waals surface area (Å²) in [6, 6.07) is 20.8. The monoisotopic (exact) mass is 468 g/mol. The quantitative estimate of drug-likeness (QED) is 0.220. The van der Waals surface area contributed by atoms with Crippen LogP contribution in [0.2, 0.25) is 0 Å². The molecule has 0 radical (unpaired) electrons. The number of anilines is 1. The zero-order valence-corrected chi connectivity index (χ0v) is 20.1. The van der Waals surface area contributed by atoms with Gasteiger partial charge in [-0.05, 0) is 46.7 Å². The number of rotatable bonds is 10. The molecule has 4 N–H and O–H groups in total. The van der Waals surface area contributed by atoms with Crippen molar-refractivity contribution in [2.24, 2.45) is 5.73 Å². The molecule has 35 heavy (non-hydrogen) atoms. The normalized spacial score (nSPS) is 11.1. The predicted molar refractivity (Wildman–Crippen MR) is 143 cm³/mol. The number of hydrogen-bond donors (Lipinski definition) is 3. The Morgan fingerprint density at radius 3 is 2.37 bits per heavy atom. The molecule has 4 aromatic carbocycles. The van der Waals surface area contributed by atoms with Crippen LogP contribution in [0.15, 0.2) is 66.7 Å². The molecule has 0 aliphatic carbocycles. The number of hydrogen-bond acceptors (Lipinski definition) is 3. The summed E-state index contributed by atoms with van der Waals surface area (Å²) in [4.78, 5) is 25.5. The first-order chi connectivity index (χ1) is 17.0. The van der Waals surface area contributed by atoms with Crippen LogP contribution >= 0.6 is 0 Å². The lowest BCUT2D eigenvalue weighted by Crippen LogP contribution is -2.17. The summed E-state index contributed by atoms with van der Waals surface area (Å²) in [7, 11) is 0. The van der Waals surface area contributed by atoms with Gasteiger partial charge in [-0.3, -0.25) is 9.59 Å². The maximum absolute atomic E-state index is 13.3. The number of carbonyl (C=O) groups excluding carboxylic acids is 2. The first-order valence-electron chi connectivity index (χ1n) is 12.4. The minimum Gasteiger partial charge on any atom is -0.506 e. The molecule has 0 fully saturated rings. The van der Waals surface area contributed by atoms with E-state index in [1.54, 1.807) is 6.07 Å². The topological polar surface area (TPSA) is 92.4 Å². The highest BCUT2D eigenvalue weighted by Gasteiger charge is 2.22. The third-order valence-electron chi connectivity index (χ3n) is 6.52. The van der Waals surface area contributed by atoms with Gasteiger partial charge in [0.15, 0.2) is 0 Å². The third-order valence-corrected chi connectivity index (χ3v) is 6.52. The fraction of sp³-hybridized carbons (Fsp3) is 0.267. The summed E-state index contributed by atoms with van der Waals surface area (Å²) in [5.41, 5.74) is 7.38. The van der Waals surface area contributed by atoms with E-state index in [0.717, 1.165) is 29.2 Å². The molecular formula is C30H32N2O3. The molecule has 5 heteroatoms. The van der Waals surface area contributed by atoms with Crippen LogP contribution in [0.25, 0.3) is 21.5 Å². The van der Waals surface area contributed by atoms with E-state index in [-0.39, 0.29) is 11.1 Å². The van der Waals surface area contributed by atoms with Crippen molar-refractivity contribution >= 4 is 39.0 Å². The molecule has 0 heterocycles. The Labute approximate surface area is 206 Å². The van der Waals surface area contributed by atoms with Gasteiger partial charge in [0.2, 0.25) is 0 Å². The molecule has 0 aromatic heterocycles. The zero-order valence-electron chi connectivity index (χ0n) is 20.1. The number of benzene rings is 4. The summed E-state index contributed by atoms with van der Waals surface area (Å²) in [6.07, 6.45) is 8.20. The lowest BCUT2D eigenvalue weighted by Gasteiger charge is -2.14. The number of amides is 2. The molecular weight excluding hydrogens is 436 g/mol. The van der Waals surface area contributed by atoms with Gasteiger partial charge >= 0.3 is 0 Å². The summed E-state index contributed by atoms with van der Waals surface area (Å²) in [5.74, 6) is -1.66. The molecule has 180 valence electrons. The number of aromatic hydroxyl groups is 1. The van der Waals surface area contributed by atoms with E-state index in [2.05, 4.69) is 12.2 Å². The SMILES string of the molecule is CCCCCCCCc1ccc2c(C(N)=O)c(O)c(C(=O)Nc3cccc4ccccc34)cc2c1. The Hall–Kier alpha value is -3.86. The van der Waals surface area contributed by atoms with Crippen LogP contribution in [0, 0.1) is 0 Å². The summed E-state index contributed by atoms with van der Waals surface area (Å²) >= 11 is 0. The van der Waals surface area contributed by atoms with Crippen LogP contribution in [-0.4, -0.2) is 16.9 Å². The van der Waals surface area contributed by atoms with Gasteiger partial charge in [0.25, 0.3) is 11.8 Å². The molecule has 0 unspecified atom stereocenters. The fourth-order valence-electron chi connectivity index (χ4n) is 4.66. The van der Waals surface area contributed by atoms with Crippen LogP contribution < -0.4 is 11.1 Å². The molecule has 0 saturated carbocycles. The average molecular weight is 469 g/mol. The standard InChI is InChI=1S/C30H32N2O3/c1-2-3-4-5-6-7-11-20-16-17-24-22(18-20)19-25(28(33)27(24)29(31)34)30(35)32-26-15-10-13-21-12-8-9-14-23(21)26/h8-10,12-19,33H,2-7,11H2,1H3,(H2,31,34)(H,32,35). The molecule has 0 spiro atoms. The van der Waals surface area contributed by atoms with Crippen molar-refractivity contribution in [2.75, 3.05) is 5.32 Å². The average Bonchev–Trinajstić information content (AvgIpc) is 2.85. The maximum Gasteiger partial charge on any atom is 0.259 e. The summed E-state index contributed by atoms with van der Waals surface area (Å²) < 4.78 is 0. The van der Waals surface area contributed by atoms with Gasteiger partial charge in [-0.2, -0.15) is 0 Å². The fourth-order valence-corrected chi connectivity index (χ4v) is 4.66. The van der Waals surface area contributed by atoms with Crippen molar-refractivity contribution < 1.29 is 14.7 Å². The van der Waals surface area contributed by atoms with Crippen molar-refractivity contribution in [2.45, 2.75) is 51.9 Å². The highest BCUT2D eigenvalue weighted by molar-refractivity contribution is 6.17. The van der Waals surface area contributed by atoms with Gasteiger partial charge in [0.1, 0.15) is 5.75 Å². The van der Waals surface area contributed by atoms with E-state index in [4.69, 9.17) is 5.73 Å². The Balaban J connectivity index is 1.64. The number of nitrogens with two attached hydrogens (primary N) is 1. The number of carbonyl (C=O) groups is 2. The Kier molecular flexibility index (Phi) is 7.66. The van der Waals surface area contributed by atoms with Gasteiger partial charge in [0, 0.05) is 11.1 Å². The highest BCUT2D eigenvalue weighted by Crippen LogP contribution is 2.33. The Bertz CT molecular complexity index is 1370. The minimum absolute atomic E-state index is 0.0240. The van der Waals surface area contributed by atoms with Crippen LogP contribution in [0.5, 0.6) is 5.75 Å². The van der Waals surface area contributed by atoms with Crippen LogP contribution in [0.1, 0.15) is 71.7 Å². The number of primary amides is 1. The van der Waals surface area contributed by atoms with Gasteiger partial charge < -0.3 is 16.2 Å². The van der Waals surface area contributed by atoms with Crippen molar-refractivity contribution in [3.63, 3.8) is 0 Å². The Morgan fingerprint density at radius 2 is 1.57 bits per heavy atom. The van der Waals surface area contributed by atoms with E-state index >= 15 is 0 Å². The van der Waals surface area contributed by atoms with Crippen molar-refractivity contribution in [3.8, 4) is 5.75 Å². The number of unbranched alkanes of at least 4 members (excludes halogenated alkanes) is 5. The van der Waals surface area contributed by atoms with Crippen LogP contribution in [0.3, 0.4) is 0 Å². The third kappa shape index (κ3) is 5.46. The molecule has 0 saturated heterocycles. The second-order valence-corrected chi connectivity index (χ2v) is 9.07. The van der Waals surface area contributed by atoms with Crippen molar-refractivity contribution in [1.82, 2.24) is 0 Å². The first-order valence-corrected chi connectivity index (χ1v) is 12.4. The molecule has 0 aliphatic heterocycles. The maximum atomic E-state index is 13.3. The van der Waals surface area contributed by atoms with Gasteiger partial charge in [-0.25, -0.2) is 0 Å². The van der Waals surface area contributed by atoms with Gasteiger partial charge in [0.05, 0.1) is 11.1 Å². The predicted octanol–water partition coefficient (Wildman–Crippen LogP) is 6.95. The Morgan fingerprint density at radius 1 is 0.829 bits per heavy atom.